The Morgan fingerprint density at radius 3 is 2.76 bits per heavy atom. The Labute approximate surface area is 146 Å². The number of rotatable bonds is 3. The van der Waals surface area contributed by atoms with E-state index in [-0.39, 0.29) is 18.4 Å². The van der Waals surface area contributed by atoms with Crippen molar-refractivity contribution in [2.24, 2.45) is 5.92 Å². The lowest BCUT2D eigenvalue weighted by atomic mass is 10.0. The first-order chi connectivity index (χ1) is 12.3. The predicted octanol–water partition coefficient (Wildman–Crippen LogP) is 2.75. The van der Waals surface area contributed by atoms with Crippen LogP contribution in [-0.4, -0.2) is 45.6 Å². The average Bonchev–Trinajstić information content (AvgIpc) is 3.16. The minimum Gasteiger partial charge on any atom is -0.396 e. The van der Waals surface area contributed by atoms with Gasteiger partial charge >= 0.3 is 0 Å². The van der Waals surface area contributed by atoms with Crippen LogP contribution in [-0.2, 0) is 0 Å². The van der Waals surface area contributed by atoms with E-state index in [2.05, 4.69) is 4.98 Å². The first kappa shape index (κ1) is 15.7. The summed E-state index contributed by atoms with van der Waals surface area (Å²) in [5, 5.41) is 10.2. The van der Waals surface area contributed by atoms with E-state index in [0.717, 1.165) is 28.6 Å². The number of likely N-dealkylation sites (tertiary alicyclic amines) is 1. The molecule has 25 heavy (non-hydrogen) atoms. The molecule has 3 aromatic rings. The van der Waals surface area contributed by atoms with Crippen molar-refractivity contribution in [1.29, 1.82) is 0 Å². The summed E-state index contributed by atoms with van der Waals surface area (Å²) in [5.74, 6) is 0.182. The maximum absolute atomic E-state index is 13.1. The van der Waals surface area contributed by atoms with Gasteiger partial charge in [-0.3, -0.25) is 9.78 Å². The lowest BCUT2D eigenvalue weighted by molar-refractivity contribution is 0.0784. The maximum Gasteiger partial charge on any atom is 0.254 e. The van der Waals surface area contributed by atoms with Crippen molar-refractivity contribution in [3.63, 3.8) is 0 Å². The van der Waals surface area contributed by atoms with E-state index in [9.17, 15) is 9.90 Å². The van der Waals surface area contributed by atoms with E-state index < -0.39 is 0 Å². The summed E-state index contributed by atoms with van der Waals surface area (Å²) in [4.78, 5) is 23.7. The number of para-hydroxylation sites is 1. The molecule has 1 aliphatic heterocycles. The van der Waals surface area contributed by atoms with Crippen LogP contribution in [0.5, 0.6) is 0 Å². The zero-order valence-corrected chi connectivity index (χ0v) is 13.8. The van der Waals surface area contributed by atoms with Gasteiger partial charge in [0.25, 0.3) is 5.91 Å². The third-order valence-corrected chi connectivity index (χ3v) is 4.75. The molecule has 126 valence electrons. The van der Waals surface area contributed by atoms with Crippen molar-refractivity contribution >= 4 is 16.8 Å². The number of benzene rings is 1. The van der Waals surface area contributed by atoms with Crippen molar-refractivity contribution in [2.75, 3.05) is 19.7 Å². The van der Waals surface area contributed by atoms with Crippen LogP contribution in [0.25, 0.3) is 22.2 Å². The molecule has 0 bridgehead atoms. The summed E-state index contributed by atoms with van der Waals surface area (Å²) in [6.07, 6.45) is 4.29. The fourth-order valence-corrected chi connectivity index (χ4v) is 3.36. The highest BCUT2D eigenvalue weighted by Gasteiger charge is 2.27. The van der Waals surface area contributed by atoms with Gasteiger partial charge in [0.2, 0.25) is 0 Å². The molecule has 1 saturated heterocycles. The first-order valence-corrected chi connectivity index (χ1v) is 8.46. The second-order valence-corrected chi connectivity index (χ2v) is 6.40. The van der Waals surface area contributed by atoms with Crippen molar-refractivity contribution in [2.45, 2.75) is 6.42 Å². The standard InChI is InChI=1S/C20H19N3O2/c24-13-14-7-10-23(12-14)20(25)17-11-19(15-5-8-21-9-6-15)22-18-4-2-1-3-16(17)18/h1-6,8-9,11,14,24H,7,10,12-13H2. The molecular weight excluding hydrogens is 314 g/mol. The number of amides is 1. The van der Waals surface area contributed by atoms with Crippen molar-refractivity contribution in [3.8, 4) is 11.3 Å². The number of nitrogens with zero attached hydrogens (tertiary/aromatic N) is 3. The molecule has 1 aromatic carbocycles. The second-order valence-electron chi connectivity index (χ2n) is 6.40. The molecule has 3 heterocycles. The normalized spacial score (nSPS) is 17.2. The highest BCUT2D eigenvalue weighted by Crippen LogP contribution is 2.27. The van der Waals surface area contributed by atoms with Crippen molar-refractivity contribution in [1.82, 2.24) is 14.9 Å². The summed E-state index contributed by atoms with van der Waals surface area (Å²) in [5.41, 5.74) is 3.17. The third kappa shape index (κ3) is 2.98. The molecule has 5 heteroatoms. The Morgan fingerprint density at radius 2 is 2.00 bits per heavy atom. The number of aromatic nitrogens is 2. The molecule has 1 aliphatic rings. The fourth-order valence-electron chi connectivity index (χ4n) is 3.36. The van der Waals surface area contributed by atoms with Crippen LogP contribution in [0.4, 0.5) is 0 Å². The van der Waals surface area contributed by atoms with Gasteiger partial charge in [-0.2, -0.15) is 0 Å². The number of fused-ring (bicyclic) bond motifs is 1. The Balaban J connectivity index is 1.80. The van der Waals surface area contributed by atoms with Gasteiger partial charge in [-0.15, -0.1) is 0 Å². The summed E-state index contributed by atoms with van der Waals surface area (Å²) in [6, 6.07) is 13.4. The summed E-state index contributed by atoms with van der Waals surface area (Å²) >= 11 is 0. The van der Waals surface area contributed by atoms with E-state index in [1.54, 1.807) is 12.4 Å². The number of hydrogen-bond acceptors (Lipinski definition) is 4. The monoisotopic (exact) mass is 333 g/mol. The molecule has 5 nitrogen and oxygen atoms in total. The van der Waals surface area contributed by atoms with Crippen LogP contribution in [0.3, 0.4) is 0 Å². The average molecular weight is 333 g/mol. The van der Waals surface area contributed by atoms with Crippen LogP contribution >= 0.6 is 0 Å². The van der Waals surface area contributed by atoms with E-state index in [0.29, 0.717) is 18.7 Å². The van der Waals surface area contributed by atoms with Gasteiger partial charge in [0.1, 0.15) is 0 Å². The maximum atomic E-state index is 13.1. The van der Waals surface area contributed by atoms with Crippen LogP contribution in [0.2, 0.25) is 0 Å². The van der Waals surface area contributed by atoms with Gasteiger partial charge in [-0.1, -0.05) is 18.2 Å². The predicted molar refractivity (Wildman–Crippen MR) is 96.1 cm³/mol. The van der Waals surface area contributed by atoms with Crippen LogP contribution < -0.4 is 0 Å². The van der Waals surface area contributed by atoms with Crippen LogP contribution in [0.15, 0.2) is 54.9 Å². The largest absolute Gasteiger partial charge is 0.396 e. The Bertz CT molecular complexity index is 911. The minimum absolute atomic E-state index is 0.00450. The Morgan fingerprint density at radius 1 is 1.20 bits per heavy atom. The minimum atomic E-state index is 0.00450. The lowest BCUT2D eigenvalue weighted by Gasteiger charge is -2.18. The zero-order valence-electron chi connectivity index (χ0n) is 13.8. The van der Waals surface area contributed by atoms with E-state index >= 15 is 0 Å². The number of carbonyl (C=O) groups is 1. The van der Waals surface area contributed by atoms with Gasteiger partial charge < -0.3 is 10.0 Å². The molecule has 0 aliphatic carbocycles. The molecule has 1 fully saturated rings. The third-order valence-electron chi connectivity index (χ3n) is 4.75. The van der Waals surface area contributed by atoms with Crippen molar-refractivity contribution in [3.05, 3.63) is 60.4 Å². The van der Waals surface area contributed by atoms with Crippen LogP contribution in [0.1, 0.15) is 16.8 Å². The number of carbonyl (C=O) groups excluding carboxylic acids is 1. The first-order valence-electron chi connectivity index (χ1n) is 8.46. The quantitative estimate of drug-likeness (QED) is 0.800. The second kappa shape index (κ2) is 6.61. The van der Waals surface area contributed by atoms with E-state index in [1.807, 2.05) is 47.4 Å². The molecule has 1 atom stereocenters. The lowest BCUT2D eigenvalue weighted by Crippen LogP contribution is -2.29. The number of aliphatic hydroxyl groups excluding tert-OH is 1. The molecule has 1 amide bonds. The number of hydrogen-bond donors (Lipinski definition) is 1. The van der Waals surface area contributed by atoms with Gasteiger partial charge in [0.05, 0.1) is 16.8 Å². The molecule has 0 radical (unpaired) electrons. The molecule has 0 saturated carbocycles. The van der Waals surface area contributed by atoms with Gasteiger partial charge in [0.15, 0.2) is 0 Å². The molecule has 1 unspecified atom stereocenters. The number of pyridine rings is 2. The smallest absolute Gasteiger partial charge is 0.254 e. The summed E-state index contributed by atoms with van der Waals surface area (Å²) < 4.78 is 0. The molecule has 0 spiro atoms. The van der Waals surface area contributed by atoms with Crippen molar-refractivity contribution < 1.29 is 9.90 Å². The summed E-state index contributed by atoms with van der Waals surface area (Å²) in [6.45, 7) is 1.42. The molecule has 4 rings (SSSR count). The van der Waals surface area contributed by atoms with E-state index in [4.69, 9.17) is 4.98 Å². The number of aliphatic hydroxyl groups is 1. The molecule has 2 aromatic heterocycles. The van der Waals surface area contributed by atoms with Gasteiger partial charge in [-0.25, -0.2) is 4.98 Å². The summed E-state index contributed by atoms with van der Waals surface area (Å²) in [7, 11) is 0. The highest BCUT2D eigenvalue weighted by atomic mass is 16.3. The van der Waals surface area contributed by atoms with Crippen LogP contribution in [0, 0.1) is 5.92 Å². The fraction of sp³-hybridized carbons (Fsp3) is 0.250. The Hall–Kier alpha value is -2.79. The Kier molecular flexibility index (Phi) is 4.15. The van der Waals surface area contributed by atoms with E-state index in [1.165, 1.54) is 0 Å². The molecule has 1 N–H and O–H groups in total. The van der Waals surface area contributed by atoms with Gasteiger partial charge in [-0.05, 0) is 30.7 Å². The topological polar surface area (TPSA) is 66.3 Å². The SMILES string of the molecule is O=C(c1cc(-c2ccncc2)nc2ccccc12)N1CCC(CO)C1. The highest BCUT2D eigenvalue weighted by molar-refractivity contribution is 6.07. The zero-order chi connectivity index (χ0) is 17.2. The molecular formula is C20H19N3O2. The van der Waals surface area contributed by atoms with Gasteiger partial charge in [0, 0.05) is 49.0 Å².